The average molecular weight is 378 g/mol. The number of aliphatic carboxylic acids is 1. The fourth-order valence-electron chi connectivity index (χ4n) is 4.08. The fraction of sp³-hybridized carbons (Fsp3) is 0.650. The summed E-state index contributed by atoms with van der Waals surface area (Å²) in [6.07, 6.45) is 2.01. The van der Waals surface area contributed by atoms with E-state index in [0.29, 0.717) is 23.0 Å². The van der Waals surface area contributed by atoms with Crippen molar-refractivity contribution >= 4 is 5.97 Å². The first kappa shape index (κ1) is 19.9. The summed E-state index contributed by atoms with van der Waals surface area (Å²) in [5.41, 5.74) is 0.649. The molecule has 1 N–H and O–H groups in total. The van der Waals surface area contributed by atoms with Crippen LogP contribution in [0.2, 0.25) is 0 Å². The van der Waals surface area contributed by atoms with Gasteiger partial charge in [0.05, 0.1) is 27.4 Å². The van der Waals surface area contributed by atoms with Gasteiger partial charge in [-0.25, -0.2) is 0 Å². The molecule has 2 saturated heterocycles. The minimum absolute atomic E-state index is 0.582. The minimum Gasteiger partial charge on any atom is -0.497 e. The average Bonchev–Trinajstić information content (AvgIpc) is 2.70. The van der Waals surface area contributed by atoms with Gasteiger partial charge in [-0.2, -0.15) is 0 Å². The van der Waals surface area contributed by atoms with Crippen LogP contribution in [0.4, 0.5) is 0 Å². The number of hydrogen-bond donors (Lipinski definition) is 1. The molecule has 0 aliphatic carbocycles. The third-order valence-corrected chi connectivity index (χ3v) is 5.60. The number of benzene rings is 1. The molecule has 0 amide bonds. The molecule has 0 aromatic heterocycles. The van der Waals surface area contributed by atoms with E-state index in [2.05, 4.69) is 9.80 Å². The van der Waals surface area contributed by atoms with E-state index in [1.165, 1.54) is 0 Å². The molecule has 0 spiro atoms. The van der Waals surface area contributed by atoms with E-state index in [-0.39, 0.29) is 0 Å². The normalized spacial score (nSPS) is 21.0. The Kier molecular flexibility index (Phi) is 6.93. The topological polar surface area (TPSA) is 71.5 Å². The highest BCUT2D eigenvalue weighted by Crippen LogP contribution is 2.35. The van der Waals surface area contributed by atoms with Crippen LogP contribution in [-0.4, -0.2) is 81.0 Å². The zero-order valence-electron chi connectivity index (χ0n) is 16.2. The number of carboxylic acids is 1. The second-order valence-corrected chi connectivity index (χ2v) is 7.24. The summed E-state index contributed by atoms with van der Waals surface area (Å²) in [5.74, 6) is 0.979. The summed E-state index contributed by atoms with van der Waals surface area (Å²) in [6, 6.07) is 4.61. The summed E-state index contributed by atoms with van der Waals surface area (Å²) in [7, 11) is 3.15. The van der Waals surface area contributed by atoms with Gasteiger partial charge in [0, 0.05) is 25.2 Å². The first-order valence-electron chi connectivity index (χ1n) is 9.61. The largest absolute Gasteiger partial charge is 0.497 e. The standard InChI is InChI=1S/C20H30N2O5/c1-25-16-3-4-18(26-2)17(13-16)19(20(23)24)22-7-5-15(6-8-22)14-21-9-11-27-12-10-21/h3-4,13,15,19H,5-12,14H2,1-2H3,(H,23,24)/t19-/m0/s1. The lowest BCUT2D eigenvalue weighted by molar-refractivity contribution is -0.144. The van der Waals surface area contributed by atoms with Crippen molar-refractivity contribution in [2.75, 3.05) is 60.2 Å². The summed E-state index contributed by atoms with van der Waals surface area (Å²) >= 11 is 0. The maximum Gasteiger partial charge on any atom is 0.325 e. The van der Waals surface area contributed by atoms with E-state index in [4.69, 9.17) is 14.2 Å². The zero-order valence-corrected chi connectivity index (χ0v) is 16.2. The number of carboxylic acid groups (broad SMARTS) is 1. The van der Waals surface area contributed by atoms with E-state index in [9.17, 15) is 9.90 Å². The fourth-order valence-corrected chi connectivity index (χ4v) is 4.08. The summed E-state index contributed by atoms with van der Waals surface area (Å²) in [6.45, 7) is 6.25. The number of piperidine rings is 1. The van der Waals surface area contributed by atoms with Crippen LogP contribution in [0.25, 0.3) is 0 Å². The second-order valence-electron chi connectivity index (χ2n) is 7.24. The van der Waals surface area contributed by atoms with Crippen LogP contribution in [0.15, 0.2) is 18.2 Å². The van der Waals surface area contributed by atoms with Crippen molar-refractivity contribution in [3.05, 3.63) is 23.8 Å². The predicted molar refractivity (Wildman–Crippen MR) is 101 cm³/mol. The predicted octanol–water partition coefficient (Wildman–Crippen LogP) is 1.87. The molecule has 27 heavy (non-hydrogen) atoms. The number of hydrogen-bond acceptors (Lipinski definition) is 6. The van der Waals surface area contributed by atoms with Gasteiger partial charge in [0.25, 0.3) is 0 Å². The Bertz CT molecular complexity index is 625. The second kappa shape index (κ2) is 9.39. The van der Waals surface area contributed by atoms with E-state index in [0.717, 1.165) is 58.8 Å². The molecule has 0 radical (unpaired) electrons. The maximum atomic E-state index is 12.1. The van der Waals surface area contributed by atoms with Crippen molar-refractivity contribution in [3.63, 3.8) is 0 Å². The maximum absolute atomic E-state index is 12.1. The van der Waals surface area contributed by atoms with Crippen LogP contribution in [0.1, 0.15) is 24.4 Å². The third-order valence-electron chi connectivity index (χ3n) is 5.60. The number of ether oxygens (including phenoxy) is 3. The van der Waals surface area contributed by atoms with E-state index in [1.807, 2.05) is 0 Å². The summed E-state index contributed by atoms with van der Waals surface area (Å²) in [5, 5.41) is 9.93. The molecule has 2 heterocycles. The van der Waals surface area contributed by atoms with Gasteiger partial charge in [0.2, 0.25) is 0 Å². The highest BCUT2D eigenvalue weighted by Gasteiger charge is 2.33. The van der Waals surface area contributed by atoms with E-state index in [1.54, 1.807) is 32.4 Å². The number of nitrogens with zero attached hydrogens (tertiary/aromatic N) is 2. The van der Waals surface area contributed by atoms with Gasteiger partial charge in [0.1, 0.15) is 17.5 Å². The van der Waals surface area contributed by atoms with Crippen LogP contribution in [0, 0.1) is 5.92 Å². The Morgan fingerprint density at radius 2 is 1.89 bits per heavy atom. The van der Waals surface area contributed by atoms with Gasteiger partial charge < -0.3 is 19.3 Å². The number of likely N-dealkylation sites (tertiary alicyclic amines) is 1. The van der Waals surface area contributed by atoms with Crippen molar-refractivity contribution in [2.24, 2.45) is 5.92 Å². The number of carbonyl (C=O) groups is 1. The smallest absolute Gasteiger partial charge is 0.325 e. The molecular weight excluding hydrogens is 348 g/mol. The Hall–Kier alpha value is -1.83. The van der Waals surface area contributed by atoms with Crippen molar-refractivity contribution in [1.82, 2.24) is 9.80 Å². The van der Waals surface area contributed by atoms with Crippen molar-refractivity contribution in [1.29, 1.82) is 0 Å². The molecule has 0 bridgehead atoms. The van der Waals surface area contributed by atoms with Crippen LogP contribution >= 0.6 is 0 Å². The molecule has 2 fully saturated rings. The third kappa shape index (κ3) is 4.91. The highest BCUT2D eigenvalue weighted by molar-refractivity contribution is 5.77. The Balaban J connectivity index is 1.67. The molecule has 1 aromatic carbocycles. The van der Waals surface area contributed by atoms with Gasteiger partial charge >= 0.3 is 5.97 Å². The first-order chi connectivity index (χ1) is 13.1. The van der Waals surface area contributed by atoms with Crippen molar-refractivity contribution in [3.8, 4) is 11.5 Å². The molecule has 2 aliphatic heterocycles. The monoisotopic (exact) mass is 378 g/mol. The summed E-state index contributed by atoms with van der Waals surface area (Å²) < 4.78 is 16.1. The molecule has 0 unspecified atom stereocenters. The molecule has 0 saturated carbocycles. The van der Waals surface area contributed by atoms with Crippen LogP contribution in [0.5, 0.6) is 11.5 Å². The first-order valence-corrected chi connectivity index (χ1v) is 9.61. The van der Waals surface area contributed by atoms with Crippen molar-refractivity contribution in [2.45, 2.75) is 18.9 Å². The Morgan fingerprint density at radius 3 is 2.48 bits per heavy atom. The molecule has 1 aromatic rings. The van der Waals surface area contributed by atoms with Crippen LogP contribution in [0.3, 0.4) is 0 Å². The lowest BCUT2D eigenvalue weighted by Crippen LogP contribution is -2.44. The lowest BCUT2D eigenvalue weighted by Gasteiger charge is -2.38. The molecule has 1 atom stereocenters. The highest BCUT2D eigenvalue weighted by atomic mass is 16.5. The van der Waals surface area contributed by atoms with Gasteiger partial charge in [-0.15, -0.1) is 0 Å². The molecule has 7 nitrogen and oxygen atoms in total. The lowest BCUT2D eigenvalue weighted by atomic mass is 9.93. The van der Waals surface area contributed by atoms with Gasteiger partial charge in [0.15, 0.2) is 0 Å². The van der Waals surface area contributed by atoms with Crippen LogP contribution < -0.4 is 9.47 Å². The van der Waals surface area contributed by atoms with E-state index >= 15 is 0 Å². The van der Waals surface area contributed by atoms with Crippen LogP contribution in [-0.2, 0) is 9.53 Å². The van der Waals surface area contributed by atoms with Crippen molar-refractivity contribution < 1.29 is 24.1 Å². The Morgan fingerprint density at radius 1 is 1.19 bits per heavy atom. The number of rotatable bonds is 7. The zero-order chi connectivity index (χ0) is 19.2. The Labute approximate surface area is 160 Å². The number of methoxy groups -OCH3 is 2. The van der Waals surface area contributed by atoms with E-state index < -0.39 is 12.0 Å². The molecule has 2 aliphatic rings. The minimum atomic E-state index is -0.854. The van der Waals surface area contributed by atoms with Gasteiger partial charge in [-0.05, 0) is 50.0 Å². The SMILES string of the molecule is COc1ccc(OC)c([C@@H](C(=O)O)N2CCC(CN3CCOCC3)CC2)c1. The van der Waals surface area contributed by atoms with Gasteiger partial charge in [-0.1, -0.05) is 0 Å². The molecular formula is C20H30N2O5. The number of morpholine rings is 1. The van der Waals surface area contributed by atoms with Gasteiger partial charge in [-0.3, -0.25) is 14.6 Å². The molecule has 150 valence electrons. The quantitative estimate of drug-likeness (QED) is 0.777. The molecule has 3 rings (SSSR count). The molecule has 7 heteroatoms. The summed E-state index contributed by atoms with van der Waals surface area (Å²) in [4.78, 5) is 16.6.